The molecular weight excluding hydrogens is 254 g/mol. The van der Waals surface area contributed by atoms with E-state index in [1.165, 1.54) is 0 Å². The zero-order valence-electron chi connectivity index (χ0n) is 12.3. The predicted octanol–water partition coefficient (Wildman–Crippen LogP) is 1.69. The highest BCUT2D eigenvalue weighted by atomic mass is 16.5. The Kier molecular flexibility index (Phi) is 5.35. The summed E-state index contributed by atoms with van der Waals surface area (Å²) in [6, 6.07) is 3.88. The second-order valence-corrected chi connectivity index (χ2v) is 5.04. The van der Waals surface area contributed by atoms with Crippen LogP contribution in [0.4, 0.5) is 0 Å². The lowest BCUT2D eigenvalue weighted by molar-refractivity contribution is 0.0638. The van der Waals surface area contributed by atoms with E-state index in [4.69, 9.17) is 4.74 Å². The molecule has 0 bridgehead atoms. The number of hydrogen-bond acceptors (Lipinski definition) is 4. The minimum atomic E-state index is 0.0312. The van der Waals surface area contributed by atoms with Gasteiger partial charge in [-0.3, -0.25) is 4.79 Å². The summed E-state index contributed by atoms with van der Waals surface area (Å²) in [6.45, 7) is 4.83. The van der Waals surface area contributed by atoms with Crippen molar-refractivity contribution in [2.75, 3.05) is 26.7 Å². The lowest BCUT2D eigenvalue weighted by atomic mass is 10.0. The molecule has 2 heterocycles. The summed E-state index contributed by atoms with van der Waals surface area (Å²) in [7, 11) is 1.55. The highest BCUT2D eigenvalue weighted by Crippen LogP contribution is 2.21. The van der Waals surface area contributed by atoms with Crippen molar-refractivity contribution < 1.29 is 9.53 Å². The predicted molar refractivity (Wildman–Crippen MR) is 78.0 cm³/mol. The van der Waals surface area contributed by atoms with Crippen molar-refractivity contribution in [3.63, 3.8) is 0 Å². The first-order chi connectivity index (χ1) is 9.77. The molecule has 1 aliphatic rings. The Morgan fingerprint density at radius 2 is 2.25 bits per heavy atom. The Bertz CT molecular complexity index is 444. The Labute approximate surface area is 120 Å². The van der Waals surface area contributed by atoms with Gasteiger partial charge in [0.1, 0.15) is 5.56 Å². The molecule has 0 saturated carbocycles. The third-order valence-corrected chi connectivity index (χ3v) is 3.67. The zero-order valence-corrected chi connectivity index (χ0v) is 12.3. The molecule has 1 aliphatic heterocycles. The smallest absolute Gasteiger partial charge is 0.259 e. The number of nitrogens with one attached hydrogen (secondary N) is 1. The number of aromatic nitrogens is 1. The van der Waals surface area contributed by atoms with Crippen molar-refractivity contribution in [1.82, 2.24) is 15.2 Å². The van der Waals surface area contributed by atoms with E-state index in [1.54, 1.807) is 25.4 Å². The number of pyridine rings is 1. The summed E-state index contributed by atoms with van der Waals surface area (Å²) in [6.07, 6.45) is 4.62. The van der Waals surface area contributed by atoms with Crippen molar-refractivity contribution in [3.05, 3.63) is 23.9 Å². The molecule has 20 heavy (non-hydrogen) atoms. The van der Waals surface area contributed by atoms with Crippen LogP contribution in [-0.2, 0) is 0 Å². The van der Waals surface area contributed by atoms with Gasteiger partial charge in [-0.1, -0.05) is 6.92 Å². The number of carbonyl (C=O) groups is 1. The van der Waals surface area contributed by atoms with Gasteiger partial charge >= 0.3 is 0 Å². The van der Waals surface area contributed by atoms with Crippen LogP contribution < -0.4 is 10.1 Å². The maximum Gasteiger partial charge on any atom is 0.259 e. The first kappa shape index (κ1) is 14.8. The van der Waals surface area contributed by atoms with Crippen molar-refractivity contribution in [1.29, 1.82) is 0 Å². The average Bonchev–Trinajstić information content (AvgIpc) is 2.52. The number of methoxy groups -OCH3 is 1. The number of carbonyl (C=O) groups excluding carboxylic acids is 1. The third-order valence-electron chi connectivity index (χ3n) is 3.67. The quantitative estimate of drug-likeness (QED) is 0.890. The molecule has 1 fully saturated rings. The van der Waals surface area contributed by atoms with E-state index in [0.29, 0.717) is 17.5 Å². The summed E-state index contributed by atoms with van der Waals surface area (Å²) < 4.78 is 5.21. The van der Waals surface area contributed by atoms with Gasteiger partial charge in [0.2, 0.25) is 5.88 Å². The molecule has 0 spiro atoms. The number of rotatable bonds is 5. The van der Waals surface area contributed by atoms with Crippen LogP contribution in [0.25, 0.3) is 0 Å². The molecule has 0 aromatic carbocycles. The molecule has 5 nitrogen and oxygen atoms in total. The van der Waals surface area contributed by atoms with Crippen LogP contribution >= 0.6 is 0 Å². The van der Waals surface area contributed by atoms with Gasteiger partial charge in [0.15, 0.2) is 0 Å². The van der Waals surface area contributed by atoms with Gasteiger partial charge in [-0.15, -0.1) is 0 Å². The summed E-state index contributed by atoms with van der Waals surface area (Å²) in [5.41, 5.74) is 0.557. The first-order valence-electron chi connectivity index (χ1n) is 7.28. The van der Waals surface area contributed by atoms with Gasteiger partial charge in [0.05, 0.1) is 7.11 Å². The van der Waals surface area contributed by atoms with Gasteiger partial charge in [0.25, 0.3) is 5.91 Å². The molecule has 2 rings (SSSR count). The minimum absolute atomic E-state index is 0.0312. The van der Waals surface area contributed by atoms with Crippen LogP contribution in [0.1, 0.15) is 36.5 Å². The first-order valence-corrected chi connectivity index (χ1v) is 7.28. The third kappa shape index (κ3) is 3.28. The van der Waals surface area contributed by atoms with Crippen molar-refractivity contribution in [2.24, 2.45) is 0 Å². The molecule has 0 atom stereocenters. The van der Waals surface area contributed by atoms with Crippen molar-refractivity contribution >= 4 is 5.91 Å². The fraction of sp³-hybridized carbons (Fsp3) is 0.600. The molecule has 1 saturated heterocycles. The van der Waals surface area contributed by atoms with Crippen molar-refractivity contribution in [2.45, 2.75) is 32.2 Å². The Morgan fingerprint density at radius 3 is 2.90 bits per heavy atom. The molecular formula is C15H23N3O2. The second-order valence-electron chi connectivity index (χ2n) is 5.04. The van der Waals surface area contributed by atoms with E-state index in [2.05, 4.69) is 17.2 Å². The van der Waals surface area contributed by atoms with Crippen LogP contribution in [0.2, 0.25) is 0 Å². The lowest BCUT2D eigenvalue weighted by Crippen LogP contribution is -2.46. The number of piperidine rings is 1. The molecule has 0 unspecified atom stereocenters. The number of hydrogen-bond donors (Lipinski definition) is 1. The Morgan fingerprint density at radius 1 is 1.50 bits per heavy atom. The van der Waals surface area contributed by atoms with E-state index in [-0.39, 0.29) is 5.91 Å². The van der Waals surface area contributed by atoms with Gasteiger partial charge in [-0.25, -0.2) is 4.98 Å². The normalized spacial score (nSPS) is 15.9. The summed E-state index contributed by atoms with van der Waals surface area (Å²) in [5, 5.41) is 3.34. The molecule has 1 aromatic rings. The molecule has 1 N–H and O–H groups in total. The standard InChI is InChI=1S/C15H23N3O2/c1-3-11-18(12-6-9-16-10-7-12)15(19)13-5-4-8-17-14(13)20-2/h4-5,8,12,16H,3,6-7,9-11H2,1-2H3. The second kappa shape index (κ2) is 7.24. The van der Waals surface area contributed by atoms with E-state index < -0.39 is 0 Å². The van der Waals surface area contributed by atoms with Gasteiger partial charge in [0, 0.05) is 18.8 Å². The van der Waals surface area contributed by atoms with Crippen LogP contribution in [0, 0.1) is 0 Å². The largest absolute Gasteiger partial charge is 0.480 e. The summed E-state index contributed by atoms with van der Waals surface area (Å²) in [5.74, 6) is 0.441. The number of nitrogens with zero attached hydrogens (tertiary/aromatic N) is 2. The SMILES string of the molecule is CCCN(C(=O)c1cccnc1OC)C1CCNCC1. The lowest BCUT2D eigenvalue weighted by Gasteiger charge is -2.34. The average molecular weight is 277 g/mol. The molecule has 0 radical (unpaired) electrons. The van der Waals surface area contributed by atoms with Gasteiger partial charge in [-0.05, 0) is 44.5 Å². The monoisotopic (exact) mass is 277 g/mol. The maximum atomic E-state index is 12.8. The van der Waals surface area contributed by atoms with Crippen LogP contribution in [-0.4, -0.2) is 48.6 Å². The highest BCUT2D eigenvalue weighted by molar-refractivity contribution is 5.96. The van der Waals surface area contributed by atoms with Crippen LogP contribution in [0.15, 0.2) is 18.3 Å². The molecule has 5 heteroatoms. The van der Waals surface area contributed by atoms with Gasteiger partial charge in [-0.2, -0.15) is 0 Å². The molecule has 1 aromatic heterocycles. The van der Waals surface area contributed by atoms with Gasteiger partial charge < -0.3 is 15.0 Å². The van der Waals surface area contributed by atoms with Crippen molar-refractivity contribution in [3.8, 4) is 5.88 Å². The minimum Gasteiger partial charge on any atom is -0.480 e. The molecule has 0 aliphatic carbocycles. The maximum absolute atomic E-state index is 12.8. The molecule has 110 valence electrons. The van der Waals surface area contributed by atoms with Crippen LogP contribution in [0.3, 0.4) is 0 Å². The fourth-order valence-electron chi connectivity index (χ4n) is 2.68. The highest BCUT2D eigenvalue weighted by Gasteiger charge is 2.27. The topological polar surface area (TPSA) is 54.5 Å². The van der Waals surface area contributed by atoms with E-state index >= 15 is 0 Å². The number of ether oxygens (including phenoxy) is 1. The molecule has 1 amide bonds. The summed E-state index contributed by atoms with van der Waals surface area (Å²) >= 11 is 0. The zero-order chi connectivity index (χ0) is 14.4. The Balaban J connectivity index is 2.21. The Hall–Kier alpha value is -1.62. The number of amides is 1. The fourth-order valence-corrected chi connectivity index (χ4v) is 2.68. The van der Waals surface area contributed by atoms with Crippen LogP contribution in [0.5, 0.6) is 5.88 Å². The van der Waals surface area contributed by atoms with E-state index in [9.17, 15) is 4.79 Å². The van der Waals surface area contributed by atoms with E-state index in [0.717, 1.165) is 38.9 Å². The summed E-state index contributed by atoms with van der Waals surface area (Å²) in [4.78, 5) is 18.9. The van der Waals surface area contributed by atoms with E-state index in [1.807, 2.05) is 4.90 Å².